The van der Waals surface area contributed by atoms with Crippen molar-refractivity contribution in [3.63, 3.8) is 0 Å². The van der Waals surface area contributed by atoms with E-state index >= 15 is 0 Å². The van der Waals surface area contributed by atoms with Gasteiger partial charge in [0.1, 0.15) is 11.4 Å². The van der Waals surface area contributed by atoms with Crippen molar-refractivity contribution < 1.29 is 33.4 Å². The molecule has 2 fully saturated rings. The van der Waals surface area contributed by atoms with E-state index in [9.17, 15) is 19.2 Å². The number of benzene rings is 1. The Labute approximate surface area is 260 Å². The van der Waals surface area contributed by atoms with Gasteiger partial charge in [-0.25, -0.2) is 4.79 Å². The predicted octanol–water partition coefficient (Wildman–Crippen LogP) is 0.809. The summed E-state index contributed by atoms with van der Waals surface area (Å²) < 4.78 is 15.9. The minimum Gasteiger partial charge on any atom is -0.480 e. The molecule has 1 aromatic carbocycles. The molecule has 2 aromatic rings. The maximum absolute atomic E-state index is 13.0. The molecule has 2 atom stereocenters. The predicted molar refractivity (Wildman–Crippen MR) is 163 cm³/mol. The van der Waals surface area contributed by atoms with Crippen LogP contribution in [0.25, 0.3) is 0 Å². The Kier molecular flexibility index (Phi) is 11.7. The molecule has 4 rings (SSSR count). The Hall–Kier alpha value is -3.98. The second-order valence-corrected chi connectivity index (χ2v) is 11.0. The van der Waals surface area contributed by atoms with E-state index in [0.717, 1.165) is 25.9 Å². The molecule has 2 saturated heterocycles. The fraction of sp³-hybridized carbons (Fsp3) is 0.483. The van der Waals surface area contributed by atoms with Gasteiger partial charge < -0.3 is 41.2 Å². The van der Waals surface area contributed by atoms with Crippen molar-refractivity contribution >= 4 is 46.8 Å². The molecule has 0 spiro atoms. The first-order chi connectivity index (χ1) is 21.2. The van der Waals surface area contributed by atoms with E-state index in [1.54, 1.807) is 19.2 Å². The van der Waals surface area contributed by atoms with E-state index < -0.39 is 11.9 Å². The van der Waals surface area contributed by atoms with Crippen LogP contribution in [0.4, 0.5) is 11.5 Å². The Morgan fingerprint density at radius 3 is 2.48 bits per heavy atom. The second-order valence-electron chi connectivity index (χ2n) is 10.6. The SMILES string of the molecule is COc1nc(N)c(Cl)cc1C(=O)N[C@@H]1CCN(CC(=O)Nc2ccc(C(=O)OCC(=O)NC3CCNCC3)cc2)C[C@@H]1OC. The van der Waals surface area contributed by atoms with Crippen LogP contribution in [-0.4, -0.2) is 105 Å². The Morgan fingerprint density at radius 1 is 1.07 bits per heavy atom. The molecule has 2 aliphatic heterocycles. The monoisotopic (exact) mass is 631 g/mol. The number of carbonyl (C=O) groups excluding carboxylic acids is 4. The standard InChI is InChI=1S/C29H38ClN7O7/c1-42-23-14-37(12-9-22(23)35-27(40)20-13-21(30)26(31)36-28(20)43-2)15-24(38)33-18-5-3-17(4-6-18)29(41)44-16-25(39)34-19-7-10-32-11-8-19/h3-6,13,19,22-23,32H,7-12,14-16H2,1-2H3,(H2,31,36)(H,33,38)(H,34,39)(H,35,40)/t22-,23+/m1/s1. The molecule has 0 radical (unpaired) electrons. The van der Waals surface area contributed by atoms with Gasteiger partial charge in [-0.05, 0) is 62.7 Å². The first-order valence-corrected chi connectivity index (χ1v) is 14.7. The molecule has 0 unspecified atom stereocenters. The molecular formula is C29H38ClN7O7. The smallest absolute Gasteiger partial charge is 0.338 e. The lowest BCUT2D eigenvalue weighted by Crippen LogP contribution is -2.55. The molecule has 0 aliphatic carbocycles. The number of halogens is 1. The number of aromatic nitrogens is 1. The quantitative estimate of drug-likeness (QED) is 0.221. The number of hydrogen-bond acceptors (Lipinski definition) is 11. The van der Waals surface area contributed by atoms with Crippen LogP contribution in [0.5, 0.6) is 5.88 Å². The number of likely N-dealkylation sites (tertiary alicyclic amines) is 1. The number of methoxy groups -OCH3 is 2. The summed E-state index contributed by atoms with van der Waals surface area (Å²) in [7, 11) is 2.93. The summed E-state index contributed by atoms with van der Waals surface area (Å²) in [6, 6.07) is 7.40. The van der Waals surface area contributed by atoms with Crippen LogP contribution in [0, 0.1) is 0 Å². The molecule has 0 saturated carbocycles. The number of carbonyl (C=O) groups is 4. The summed E-state index contributed by atoms with van der Waals surface area (Å²) in [5.74, 6) is -1.52. The van der Waals surface area contributed by atoms with Crippen LogP contribution in [0.3, 0.4) is 0 Å². The zero-order valence-corrected chi connectivity index (χ0v) is 25.4. The number of anilines is 2. The number of amides is 3. The van der Waals surface area contributed by atoms with Gasteiger partial charge >= 0.3 is 5.97 Å². The molecule has 0 bridgehead atoms. The van der Waals surface area contributed by atoms with Gasteiger partial charge in [-0.3, -0.25) is 19.3 Å². The lowest BCUT2D eigenvalue weighted by Gasteiger charge is -2.37. The Morgan fingerprint density at radius 2 is 1.80 bits per heavy atom. The topological polar surface area (TPSA) is 186 Å². The van der Waals surface area contributed by atoms with Crippen LogP contribution in [0.2, 0.25) is 5.02 Å². The van der Waals surface area contributed by atoms with E-state index in [0.29, 0.717) is 25.2 Å². The lowest BCUT2D eigenvalue weighted by molar-refractivity contribution is -0.125. The first-order valence-electron chi connectivity index (χ1n) is 14.3. The van der Waals surface area contributed by atoms with E-state index in [1.807, 2.05) is 4.90 Å². The minimum atomic E-state index is -0.627. The van der Waals surface area contributed by atoms with Gasteiger partial charge in [0.25, 0.3) is 11.8 Å². The largest absolute Gasteiger partial charge is 0.480 e. The molecular weight excluding hydrogens is 594 g/mol. The van der Waals surface area contributed by atoms with Gasteiger partial charge in [0.15, 0.2) is 6.61 Å². The third kappa shape index (κ3) is 9.02. The zero-order chi connectivity index (χ0) is 31.6. The lowest BCUT2D eigenvalue weighted by atomic mass is 10.0. The summed E-state index contributed by atoms with van der Waals surface area (Å²) in [5, 5.41) is 12.0. The number of pyridine rings is 1. The average molecular weight is 632 g/mol. The number of rotatable bonds is 11. The minimum absolute atomic E-state index is 0.0592. The molecule has 6 N–H and O–H groups in total. The van der Waals surface area contributed by atoms with E-state index in [1.165, 1.54) is 25.3 Å². The van der Waals surface area contributed by atoms with Crippen LogP contribution in [-0.2, 0) is 19.1 Å². The van der Waals surface area contributed by atoms with Crippen molar-refractivity contribution in [3.05, 3.63) is 46.5 Å². The highest BCUT2D eigenvalue weighted by molar-refractivity contribution is 6.33. The Balaban J connectivity index is 1.22. The number of nitrogen functional groups attached to an aromatic ring is 1. The molecule has 3 heterocycles. The van der Waals surface area contributed by atoms with Crippen molar-refractivity contribution in [2.45, 2.75) is 37.5 Å². The Bertz CT molecular complexity index is 1340. The number of hydrogen-bond donors (Lipinski definition) is 5. The van der Waals surface area contributed by atoms with Gasteiger partial charge in [-0.15, -0.1) is 0 Å². The van der Waals surface area contributed by atoms with Crippen molar-refractivity contribution in [1.29, 1.82) is 0 Å². The molecule has 1 aromatic heterocycles. The number of esters is 1. The number of nitrogens with one attached hydrogen (secondary N) is 4. The molecule has 238 valence electrons. The van der Waals surface area contributed by atoms with Gasteiger partial charge in [-0.1, -0.05) is 11.6 Å². The molecule has 14 nitrogen and oxygen atoms in total. The second kappa shape index (κ2) is 15.7. The summed E-state index contributed by atoms with van der Waals surface area (Å²) in [5.41, 5.74) is 6.64. The van der Waals surface area contributed by atoms with Crippen LogP contribution < -0.4 is 31.7 Å². The van der Waals surface area contributed by atoms with E-state index in [4.69, 9.17) is 31.5 Å². The highest BCUT2D eigenvalue weighted by Gasteiger charge is 2.32. The van der Waals surface area contributed by atoms with Gasteiger partial charge in [0, 0.05) is 31.9 Å². The van der Waals surface area contributed by atoms with E-state index in [2.05, 4.69) is 26.3 Å². The van der Waals surface area contributed by atoms with E-state index in [-0.39, 0.29) is 71.0 Å². The molecule has 44 heavy (non-hydrogen) atoms. The third-order valence-corrected chi connectivity index (χ3v) is 7.78. The number of ether oxygens (including phenoxy) is 3. The maximum Gasteiger partial charge on any atom is 0.338 e. The van der Waals surface area contributed by atoms with Crippen molar-refractivity contribution in [2.24, 2.45) is 0 Å². The fourth-order valence-electron chi connectivity index (χ4n) is 5.12. The first kappa shape index (κ1) is 32.9. The van der Waals surface area contributed by atoms with Crippen molar-refractivity contribution in [1.82, 2.24) is 25.8 Å². The highest BCUT2D eigenvalue weighted by Crippen LogP contribution is 2.25. The van der Waals surface area contributed by atoms with Gasteiger partial charge in [-0.2, -0.15) is 4.98 Å². The fourth-order valence-corrected chi connectivity index (χ4v) is 5.27. The highest BCUT2D eigenvalue weighted by atomic mass is 35.5. The summed E-state index contributed by atoms with van der Waals surface area (Å²) >= 11 is 6.06. The zero-order valence-electron chi connectivity index (χ0n) is 24.7. The summed E-state index contributed by atoms with van der Waals surface area (Å²) in [6.45, 7) is 2.37. The number of nitrogens with zero attached hydrogens (tertiary/aromatic N) is 2. The van der Waals surface area contributed by atoms with Gasteiger partial charge in [0.2, 0.25) is 11.8 Å². The van der Waals surface area contributed by atoms with Crippen LogP contribution >= 0.6 is 11.6 Å². The molecule has 15 heteroatoms. The summed E-state index contributed by atoms with van der Waals surface area (Å²) in [6.07, 6.45) is 1.83. The normalized spacial score (nSPS) is 19.1. The maximum atomic E-state index is 13.0. The van der Waals surface area contributed by atoms with Crippen molar-refractivity contribution in [3.8, 4) is 5.88 Å². The van der Waals surface area contributed by atoms with Crippen LogP contribution in [0.15, 0.2) is 30.3 Å². The molecule has 2 aliphatic rings. The third-order valence-electron chi connectivity index (χ3n) is 7.48. The number of nitrogens with two attached hydrogens (primary N) is 1. The van der Waals surface area contributed by atoms with Crippen molar-refractivity contribution in [2.75, 3.05) is 64.6 Å². The van der Waals surface area contributed by atoms with Crippen LogP contribution in [0.1, 0.15) is 40.0 Å². The van der Waals surface area contributed by atoms with Gasteiger partial charge in [0.05, 0.1) is 36.4 Å². The summed E-state index contributed by atoms with van der Waals surface area (Å²) in [4.78, 5) is 56.1. The molecule has 3 amide bonds. The number of piperidine rings is 2. The average Bonchev–Trinajstić information content (AvgIpc) is 3.02.